The fourth-order valence-corrected chi connectivity index (χ4v) is 3.36. The second-order valence-electron chi connectivity index (χ2n) is 6.86. The molecule has 1 fully saturated rings. The number of hydrogen-bond donors (Lipinski definition) is 2. The van der Waals surface area contributed by atoms with Crippen LogP contribution in [0, 0.1) is 6.92 Å². The standard InChI is InChI=1S/C21H28N4O/c1-17-6-4-7-18(16-17)25-14-12-24(13-15-25)11-5-10-23-21(26)19-8-2-3-9-20(19)22/h2-4,6-9,16H,5,10-15,22H2,1H3,(H,23,26). The molecule has 2 aromatic carbocycles. The second kappa shape index (κ2) is 8.72. The van der Waals surface area contributed by atoms with E-state index in [0.717, 1.165) is 39.1 Å². The van der Waals surface area contributed by atoms with Gasteiger partial charge in [0, 0.05) is 44.1 Å². The number of piperazine rings is 1. The molecule has 0 aromatic heterocycles. The molecule has 2 aromatic rings. The van der Waals surface area contributed by atoms with Crippen LogP contribution < -0.4 is 16.0 Å². The van der Waals surface area contributed by atoms with E-state index in [1.54, 1.807) is 12.1 Å². The number of hydrogen-bond acceptors (Lipinski definition) is 4. The van der Waals surface area contributed by atoms with Crippen LogP contribution in [0.2, 0.25) is 0 Å². The molecule has 1 amide bonds. The number of nitrogens with zero attached hydrogens (tertiary/aromatic N) is 2. The van der Waals surface area contributed by atoms with Gasteiger partial charge in [-0.15, -0.1) is 0 Å². The molecule has 3 rings (SSSR count). The average molecular weight is 352 g/mol. The first-order valence-corrected chi connectivity index (χ1v) is 9.30. The minimum atomic E-state index is -0.0904. The van der Waals surface area contributed by atoms with Crippen LogP contribution in [-0.2, 0) is 0 Å². The van der Waals surface area contributed by atoms with Crippen molar-refractivity contribution in [1.29, 1.82) is 0 Å². The molecular weight excluding hydrogens is 324 g/mol. The van der Waals surface area contributed by atoms with Crippen molar-refractivity contribution in [2.75, 3.05) is 49.9 Å². The number of para-hydroxylation sites is 1. The Kier molecular flexibility index (Phi) is 6.12. The van der Waals surface area contributed by atoms with Gasteiger partial charge in [-0.2, -0.15) is 0 Å². The third-order valence-electron chi connectivity index (χ3n) is 4.88. The van der Waals surface area contributed by atoms with Gasteiger partial charge in [-0.05, 0) is 49.7 Å². The summed E-state index contributed by atoms with van der Waals surface area (Å²) in [6.45, 7) is 8.04. The number of anilines is 2. The van der Waals surface area contributed by atoms with Crippen LogP contribution in [0.3, 0.4) is 0 Å². The maximum absolute atomic E-state index is 12.1. The molecule has 0 spiro atoms. The summed E-state index contributed by atoms with van der Waals surface area (Å²) in [5.41, 5.74) is 9.54. The smallest absolute Gasteiger partial charge is 0.253 e. The summed E-state index contributed by atoms with van der Waals surface area (Å²) < 4.78 is 0. The number of nitrogen functional groups attached to an aromatic ring is 1. The van der Waals surface area contributed by atoms with Gasteiger partial charge in [-0.3, -0.25) is 9.69 Å². The van der Waals surface area contributed by atoms with Crippen molar-refractivity contribution < 1.29 is 4.79 Å². The minimum absolute atomic E-state index is 0.0904. The molecule has 5 nitrogen and oxygen atoms in total. The highest BCUT2D eigenvalue weighted by Crippen LogP contribution is 2.17. The fraction of sp³-hybridized carbons (Fsp3) is 0.381. The molecule has 1 saturated heterocycles. The van der Waals surface area contributed by atoms with E-state index in [4.69, 9.17) is 5.73 Å². The molecule has 0 atom stereocenters. The van der Waals surface area contributed by atoms with Crippen LogP contribution in [0.15, 0.2) is 48.5 Å². The van der Waals surface area contributed by atoms with Crippen molar-refractivity contribution in [1.82, 2.24) is 10.2 Å². The molecule has 0 radical (unpaired) electrons. The van der Waals surface area contributed by atoms with Crippen molar-refractivity contribution in [2.24, 2.45) is 0 Å². The number of aryl methyl sites for hydroxylation is 1. The van der Waals surface area contributed by atoms with Crippen molar-refractivity contribution in [3.63, 3.8) is 0 Å². The molecule has 0 saturated carbocycles. The number of nitrogens with one attached hydrogen (secondary N) is 1. The van der Waals surface area contributed by atoms with Gasteiger partial charge in [-0.1, -0.05) is 24.3 Å². The lowest BCUT2D eigenvalue weighted by atomic mass is 10.1. The van der Waals surface area contributed by atoms with E-state index >= 15 is 0 Å². The van der Waals surface area contributed by atoms with Crippen molar-refractivity contribution in [2.45, 2.75) is 13.3 Å². The minimum Gasteiger partial charge on any atom is -0.398 e. The maximum Gasteiger partial charge on any atom is 0.253 e. The van der Waals surface area contributed by atoms with Gasteiger partial charge in [0.15, 0.2) is 0 Å². The van der Waals surface area contributed by atoms with E-state index in [1.807, 2.05) is 12.1 Å². The molecule has 3 N–H and O–H groups in total. The highest BCUT2D eigenvalue weighted by molar-refractivity contribution is 5.99. The third-order valence-corrected chi connectivity index (χ3v) is 4.88. The Hall–Kier alpha value is -2.53. The van der Waals surface area contributed by atoms with Crippen molar-refractivity contribution in [3.8, 4) is 0 Å². The largest absolute Gasteiger partial charge is 0.398 e. The summed E-state index contributed by atoms with van der Waals surface area (Å²) in [6.07, 6.45) is 0.947. The first-order chi connectivity index (χ1) is 12.6. The van der Waals surface area contributed by atoms with Gasteiger partial charge in [-0.25, -0.2) is 0 Å². The topological polar surface area (TPSA) is 61.6 Å². The number of benzene rings is 2. The summed E-state index contributed by atoms with van der Waals surface area (Å²) in [5, 5.41) is 2.96. The third kappa shape index (κ3) is 4.76. The molecule has 0 unspecified atom stereocenters. The van der Waals surface area contributed by atoms with Crippen LogP contribution in [0.25, 0.3) is 0 Å². The zero-order valence-electron chi connectivity index (χ0n) is 15.4. The van der Waals surface area contributed by atoms with Crippen LogP contribution in [0.5, 0.6) is 0 Å². The molecule has 0 bridgehead atoms. The van der Waals surface area contributed by atoms with Crippen LogP contribution in [0.1, 0.15) is 22.3 Å². The normalized spacial score (nSPS) is 15.0. The van der Waals surface area contributed by atoms with Crippen LogP contribution >= 0.6 is 0 Å². The van der Waals surface area contributed by atoms with Crippen molar-refractivity contribution >= 4 is 17.3 Å². The van der Waals surface area contributed by atoms with Gasteiger partial charge in [0.1, 0.15) is 0 Å². The summed E-state index contributed by atoms with van der Waals surface area (Å²) in [6, 6.07) is 15.9. The summed E-state index contributed by atoms with van der Waals surface area (Å²) >= 11 is 0. The second-order valence-corrected chi connectivity index (χ2v) is 6.86. The number of carbonyl (C=O) groups excluding carboxylic acids is 1. The van der Waals surface area contributed by atoms with E-state index < -0.39 is 0 Å². The highest BCUT2D eigenvalue weighted by atomic mass is 16.1. The Morgan fingerprint density at radius 1 is 1.08 bits per heavy atom. The average Bonchev–Trinajstić information content (AvgIpc) is 2.66. The number of rotatable bonds is 6. The lowest BCUT2D eigenvalue weighted by Crippen LogP contribution is -2.47. The Morgan fingerprint density at radius 2 is 1.85 bits per heavy atom. The molecule has 0 aliphatic carbocycles. The number of carbonyl (C=O) groups is 1. The predicted octanol–water partition coefficient (Wildman–Crippen LogP) is 2.52. The summed E-state index contributed by atoms with van der Waals surface area (Å²) in [5.74, 6) is -0.0904. The molecule has 26 heavy (non-hydrogen) atoms. The molecule has 1 aliphatic rings. The molecule has 1 heterocycles. The zero-order chi connectivity index (χ0) is 18.4. The quantitative estimate of drug-likeness (QED) is 0.619. The van der Waals surface area contributed by atoms with Gasteiger partial charge >= 0.3 is 0 Å². The van der Waals surface area contributed by atoms with Gasteiger partial charge in [0.05, 0.1) is 5.56 Å². The number of nitrogens with two attached hydrogens (primary N) is 1. The fourth-order valence-electron chi connectivity index (χ4n) is 3.36. The highest BCUT2D eigenvalue weighted by Gasteiger charge is 2.17. The Balaban J connectivity index is 1.37. The van der Waals surface area contributed by atoms with Crippen LogP contribution in [0.4, 0.5) is 11.4 Å². The maximum atomic E-state index is 12.1. The first-order valence-electron chi connectivity index (χ1n) is 9.30. The Labute approximate surface area is 155 Å². The molecule has 138 valence electrons. The monoisotopic (exact) mass is 352 g/mol. The molecule has 1 aliphatic heterocycles. The van der Waals surface area contributed by atoms with Gasteiger partial charge < -0.3 is 16.0 Å². The SMILES string of the molecule is Cc1cccc(N2CCN(CCCNC(=O)c3ccccc3N)CC2)c1. The summed E-state index contributed by atoms with van der Waals surface area (Å²) in [7, 11) is 0. The van der Waals surface area contributed by atoms with E-state index in [2.05, 4.69) is 46.3 Å². The summed E-state index contributed by atoms with van der Waals surface area (Å²) in [4.78, 5) is 17.0. The first kappa shape index (κ1) is 18.3. The molecule has 5 heteroatoms. The van der Waals surface area contributed by atoms with Gasteiger partial charge in [0.25, 0.3) is 5.91 Å². The van der Waals surface area contributed by atoms with E-state index in [0.29, 0.717) is 17.8 Å². The zero-order valence-corrected chi connectivity index (χ0v) is 15.4. The molecular formula is C21H28N4O. The van der Waals surface area contributed by atoms with E-state index in [1.165, 1.54) is 11.3 Å². The van der Waals surface area contributed by atoms with Crippen molar-refractivity contribution in [3.05, 3.63) is 59.7 Å². The van der Waals surface area contributed by atoms with E-state index in [9.17, 15) is 4.79 Å². The lowest BCUT2D eigenvalue weighted by molar-refractivity contribution is 0.0952. The number of amides is 1. The lowest BCUT2D eigenvalue weighted by Gasteiger charge is -2.36. The van der Waals surface area contributed by atoms with E-state index in [-0.39, 0.29) is 5.91 Å². The Bertz CT molecular complexity index is 738. The van der Waals surface area contributed by atoms with Crippen LogP contribution in [-0.4, -0.2) is 50.1 Å². The Morgan fingerprint density at radius 3 is 2.58 bits per heavy atom. The van der Waals surface area contributed by atoms with Gasteiger partial charge in [0.2, 0.25) is 0 Å². The predicted molar refractivity (Wildman–Crippen MR) is 108 cm³/mol.